The molecule has 1 fully saturated rings. The molecule has 1 amide bonds. The summed E-state index contributed by atoms with van der Waals surface area (Å²) < 4.78 is 5.24. The first-order valence-corrected chi connectivity index (χ1v) is 6.93. The minimum absolute atomic E-state index is 0.109. The van der Waals surface area contributed by atoms with E-state index in [1.165, 1.54) is 0 Å². The van der Waals surface area contributed by atoms with Crippen LogP contribution in [0.4, 0.5) is 10.5 Å². The summed E-state index contributed by atoms with van der Waals surface area (Å²) in [5, 5.41) is 2.75. The molecule has 0 saturated heterocycles. The highest BCUT2D eigenvalue weighted by molar-refractivity contribution is 5.85. The third-order valence-corrected chi connectivity index (χ3v) is 3.83. The van der Waals surface area contributed by atoms with E-state index >= 15 is 0 Å². The number of nitrogens with one attached hydrogen (secondary N) is 1. The number of hydrogen-bond acceptors (Lipinski definition) is 3. The average Bonchev–Trinajstić information content (AvgIpc) is 2.77. The van der Waals surface area contributed by atoms with Crippen molar-refractivity contribution in [2.24, 2.45) is 11.1 Å². The van der Waals surface area contributed by atoms with E-state index < -0.39 is 11.7 Å². The molecule has 20 heavy (non-hydrogen) atoms. The lowest BCUT2D eigenvalue weighted by atomic mass is 9.97. The SMILES string of the molecule is CC(C)(C)OC(=O)Nc1cccc(C2(N)CC2(C)C)c1. The van der Waals surface area contributed by atoms with Crippen molar-refractivity contribution < 1.29 is 9.53 Å². The zero-order chi connectivity index (χ0) is 15.2. The molecule has 110 valence electrons. The van der Waals surface area contributed by atoms with Gasteiger partial charge in [-0.3, -0.25) is 5.32 Å². The summed E-state index contributed by atoms with van der Waals surface area (Å²) in [7, 11) is 0. The molecule has 1 aromatic carbocycles. The number of carbonyl (C=O) groups is 1. The van der Waals surface area contributed by atoms with Crippen LogP contribution < -0.4 is 11.1 Å². The molecule has 4 heteroatoms. The summed E-state index contributed by atoms with van der Waals surface area (Å²) in [5.41, 5.74) is 7.48. The summed E-state index contributed by atoms with van der Waals surface area (Å²) in [6.07, 6.45) is 0.506. The molecule has 0 spiro atoms. The molecule has 0 heterocycles. The number of hydrogen-bond donors (Lipinski definition) is 2. The Labute approximate surface area is 120 Å². The van der Waals surface area contributed by atoms with Gasteiger partial charge < -0.3 is 10.5 Å². The highest BCUT2D eigenvalue weighted by Gasteiger charge is 2.59. The lowest BCUT2D eigenvalue weighted by Gasteiger charge is -2.20. The fourth-order valence-electron chi connectivity index (χ4n) is 2.44. The third kappa shape index (κ3) is 2.96. The Morgan fingerprint density at radius 2 is 1.95 bits per heavy atom. The van der Waals surface area contributed by atoms with E-state index in [1.807, 2.05) is 45.0 Å². The molecule has 1 aliphatic carbocycles. The summed E-state index contributed by atoms with van der Waals surface area (Å²) in [4.78, 5) is 11.8. The van der Waals surface area contributed by atoms with Gasteiger partial charge in [-0.05, 0) is 50.3 Å². The van der Waals surface area contributed by atoms with Crippen molar-refractivity contribution in [3.05, 3.63) is 29.8 Å². The number of amides is 1. The second-order valence-corrected chi connectivity index (χ2v) is 7.24. The maximum absolute atomic E-state index is 11.8. The maximum Gasteiger partial charge on any atom is 0.412 e. The van der Waals surface area contributed by atoms with Crippen LogP contribution in [0.25, 0.3) is 0 Å². The van der Waals surface area contributed by atoms with Crippen molar-refractivity contribution in [2.45, 2.75) is 52.2 Å². The molecule has 4 nitrogen and oxygen atoms in total. The summed E-state index contributed by atoms with van der Waals surface area (Å²) in [6.45, 7) is 9.82. The normalized spacial score (nSPS) is 24.1. The van der Waals surface area contributed by atoms with Crippen molar-refractivity contribution in [3.8, 4) is 0 Å². The second kappa shape index (κ2) is 4.48. The zero-order valence-electron chi connectivity index (χ0n) is 12.9. The number of carbonyl (C=O) groups excluding carboxylic acids is 1. The number of rotatable bonds is 2. The van der Waals surface area contributed by atoms with Crippen LogP contribution in [-0.2, 0) is 10.3 Å². The van der Waals surface area contributed by atoms with Crippen molar-refractivity contribution in [1.82, 2.24) is 0 Å². The van der Waals surface area contributed by atoms with E-state index in [0.29, 0.717) is 5.69 Å². The number of nitrogens with two attached hydrogens (primary N) is 1. The van der Waals surface area contributed by atoms with Crippen molar-refractivity contribution in [2.75, 3.05) is 5.32 Å². The van der Waals surface area contributed by atoms with Gasteiger partial charge in [0.15, 0.2) is 0 Å². The smallest absolute Gasteiger partial charge is 0.412 e. The topological polar surface area (TPSA) is 64.3 Å². The van der Waals surface area contributed by atoms with Gasteiger partial charge in [0.05, 0.1) is 0 Å². The largest absolute Gasteiger partial charge is 0.444 e. The predicted molar refractivity (Wildman–Crippen MR) is 80.6 cm³/mol. The number of anilines is 1. The Balaban J connectivity index is 2.10. The van der Waals surface area contributed by atoms with Gasteiger partial charge in [0.1, 0.15) is 5.60 Å². The van der Waals surface area contributed by atoms with Crippen LogP contribution in [0.5, 0.6) is 0 Å². The first-order chi connectivity index (χ1) is 9.03. The van der Waals surface area contributed by atoms with E-state index in [1.54, 1.807) is 0 Å². The molecule has 1 atom stereocenters. The highest BCUT2D eigenvalue weighted by atomic mass is 16.6. The standard InChI is InChI=1S/C16H24N2O2/c1-14(2,3)20-13(19)18-12-8-6-7-11(9-12)16(17)10-15(16,4)5/h6-9H,10,17H2,1-5H3,(H,18,19). The minimum atomic E-state index is -0.505. The van der Waals surface area contributed by atoms with Gasteiger partial charge in [-0.2, -0.15) is 0 Å². The first-order valence-electron chi connectivity index (χ1n) is 6.93. The maximum atomic E-state index is 11.8. The van der Waals surface area contributed by atoms with E-state index in [4.69, 9.17) is 10.5 Å². The molecule has 1 saturated carbocycles. The molecule has 1 aliphatic rings. The van der Waals surface area contributed by atoms with Gasteiger partial charge in [0, 0.05) is 11.2 Å². The Morgan fingerprint density at radius 3 is 2.45 bits per heavy atom. The monoisotopic (exact) mass is 276 g/mol. The van der Waals surface area contributed by atoms with E-state index in [0.717, 1.165) is 12.0 Å². The van der Waals surface area contributed by atoms with Gasteiger partial charge in [-0.15, -0.1) is 0 Å². The fraction of sp³-hybridized carbons (Fsp3) is 0.562. The third-order valence-electron chi connectivity index (χ3n) is 3.83. The molecule has 2 rings (SSSR count). The molecule has 3 N–H and O–H groups in total. The summed E-state index contributed by atoms with van der Waals surface area (Å²) >= 11 is 0. The molecule has 0 radical (unpaired) electrons. The van der Waals surface area contributed by atoms with Crippen LogP contribution in [0, 0.1) is 5.41 Å². The Hall–Kier alpha value is -1.55. The van der Waals surface area contributed by atoms with Crippen molar-refractivity contribution in [3.63, 3.8) is 0 Å². The van der Waals surface area contributed by atoms with Gasteiger partial charge in [-0.25, -0.2) is 4.79 Å². The molecular weight excluding hydrogens is 252 g/mol. The minimum Gasteiger partial charge on any atom is -0.444 e. The highest BCUT2D eigenvalue weighted by Crippen LogP contribution is 2.60. The van der Waals surface area contributed by atoms with Crippen LogP contribution in [0.15, 0.2) is 24.3 Å². The number of ether oxygens (including phenoxy) is 1. The lowest BCUT2D eigenvalue weighted by Crippen LogP contribution is -2.28. The van der Waals surface area contributed by atoms with Gasteiger partial charge in [0.2, 0.25) is 0 Å². The summed E-state index contributed by atoms with van der Waals surface area (Å²) in [6, 6.07) is 7.69. The van der Waals surface area contributed by atoms with E-state index in [2.05, 4.69) is 19.2 Å². The summed E-state index contributed by atoms with van der Waals surface area (Å²) in [5.74, 6) is 0. The Kier molecular flexibility index (Phi) is 3.33. The molecule has 1 aromatic rings. The van der Waals surface area contributed by atoms with E-state index in [9.17, 15) is 4.79 Å². The van der Waals surface area contributed by atoms with Crippen LogP contribution in [0.2, 0.25) is 0 Å². The van der Waals surface area contributed by atoms with Crippen molar-refractivity contribution >= 4 is 11.8 Å². The van der Waals surface area contributed by atoms with E-state index in [-0.39, 0.29) is 11.0 Å². The molecular formula is C16H24N2O2. The fourth-order valence-corrected chi connectivity index (χ4v) is 2.44. The number of benzene rings is 1. The zero-order valence-corrected chi connectivity index (χ0v) is 12.9. The molecule has 0 aliphatic heterocycles. The van der Waals surface area contributed by atoms with Gasteiger partial charge in [0.25, 0.3) is 0 Å². The van der Waals surface area contributed by atoms with Crippen LogP contribution in [0.1, 0.15) is 46.6 Å². The Morgan fingerprint density at radius 1 is 1.35 bits per heavy atom. The molecule has 0 aromatic heterocycles. The average molecular weight is 276 g/mol. The van der Waals surface area contributed by atoms with Gasteiger partial charge >= 0.3 is 6.09 Å². The van der Waals surface area contributed by atoms with Crippen LogP contribution >= 0.6 is 0 Å². The second-order valence-electron chi connectivity index (χ2n) is 7.24. The van der Waals surface area contributed by atoms with Gasteiger partial charge in [-0.1, -0.05) is 26.0 Å². The molecule has 1 unspecified atom stereocenters. The quantitative estimate of drug-likeness (QED) is 0.867. The lowest BCUT2D eigenvalue weighted by molar-refractivity contribution is 0.0636. The first kappa shape index (κ1) is 14.9. The molecule has 0 bridgehead atoms. The van der Waals surface area contributed by atoms with Crippen LogP contribution in [-0.4, -0.2) is 11.7 Å². The van der Waals surface area contributed by atoms with Crippen LogP contribution in [0.3, 0.4) is 0 Å². The van der Waals surface area contributed by atoms with Crippen molar-refractivity contribution in [1.29, 1.82) is 0 Å². The predicted octanol–water partition coefficient (Wildman–Crippen LogP) is 3.62. The Bertz CT molecular complexity index is 532.